The highest BCUT2D eigenvalue weighted by Crippen LogP contribution is 2.26. The second-order valence-corrected chi connectivity index (χ2v) is 4.58. The molecule has 86 valence electrons. The van der Waals surface area contributed by atoms with Crippen molar-refractivity contribution in [3.05, 3.63) is 34.9 Å². The lowest BCUT2D eigenvalue weighted by molar-refractivity contribution is 0.401. The van der Waals surface area contributed by atoms with E-state index in [2.05, 4.69) is 18.2 Å². The van der Waals surface area contributed by atoms with Gasteiger partial charge in [-0.2, -0.15) is 0 Å². The summed E-state index contributed by atoms with van der Waals surface area (Å²) in [5, 5.41) is 0. The highest BCUT2D eigenvalue weighted by Gasteiger charge is 2.28. The third-order valence-electron chi connectivity index (χ3n) is 3.27. The molecule has 1 aromatic rings. The smallest absolute Gasteiger partial charge is 0.0850 e. The second kappa shape index (κ2) is 4.17. The van der Waals surface area contributed by atoms with Gasteiger partial charge in [-0.05, 0) is 16.7 Å². The van der Waals surface area contributed by atoms with Crippen molar-refractivity contribution in [3.8, 4) is 0 Å². The van der Waals surface area contributed by atoms with Gasteiger partial charge < -0.3 is 15.2 Å². The standard InChI is InChI=1S/C13H17NO2/c14-6-10-3-1-2-9(4-11-7-15-11)13(10)5-12-8-16-12/h1-3,11-12H,4-8,14H2. The maximum atomic E-state index is 5.79. The molecule has 3 nitrogen and oxygen atoms in total. The summed E-state index contributed by atoms with van der Waals surface area (Å²) in [7, 11) is 0. The summed E-state index contributed by atoms with van der Waals surface area (Å²) in [6.45, 7) is 2.42. The van der Waals surface area contributed by atoms with Crippen LogP contribution in [0.1, 0.15) is 16.7 Å². The summed E-state index contributed by atoms with van der Waals surface area (Å²) in [5.74, 6) is 0. The van der Waals surface area contributed by atoms with E-state index < -0.39 is 0 Å². The van der Waals surface area contributed by atoms with Crippen LogP contribution in [0.3, 0.4) is 0 Å². The van der Waals surface area contributed by atoms with E-state index in [0.717, 1.165) is 26.1 Å². The number of ether oxygens (including phenoxy) is 2. The molecule has 2 fully saturated rings. The van der Waals surface area contributed by atoms with Gasteiger partial charge in [0.1, 0.15) is 0 Å². The second-order valence-electron chi connectivity index (χ2n) is 4.58. The number of hydrogen-bond donors (Lipinski definition) is 1. The Balaban J connectivity index is 1.86. The molecule has 0 bridgehead atoms. The first kappa shape index (κ1) is 10.3. The number of rotatable bonds is 5. The molecule has 0 amide bonds. The van der Waals surface area contributed by atoms with E-state index in [1.165, 1.54) is 16.7 Å². The maximum absolute atomic E-state index is 5.79. The summed E-state index contributed by atoms with van der Waals surface area (Å²) >= 11 is 0. The van der Waals surface area contributed by atoms with E-state index in [1.54, 1.807) is 0 Å². The first-order valence-electron chi connectivity index (χ1n) is 5.89. The monoisotopic (exact) mass is 219 g/mol. The number of benzene rings is 1. The summed E-state index contributed by atoms with van der Waals surface area (Å²) in [6.07, 6.45) is 2.89. The molecule has 2 aliphatic rings. The van der Waals surface area contributed by atoms with E-state index in [0.29, 0.717) is 18.8 Å². The first-order chi connectivity index (χ1) is 7.86. The van der Waals surface area contributed by atoms with Crippen LogP contribution in [-0.4, -0.2) is 25.4 Å². The maximum Gasteiger partial charge on any atom is 0.0850 e. The molecule has 2 aliphatic heterocycles. The highest BCUT2D eigenvalue weighted by atomic mass is 16.6. The van der Waals surface area contributed by atoms with Gasteiger partial charge in [0.2, 0.25) is 0 Å². The van der Waals surface area contributed by atoms with Crippen molar-refractivity contribution in [3.63, 3.8) is 0 Å². The molecule has 16 heavy (non-hydrogen) atoms. The minimum Gasteiger partial charge on any atom is -0.373 e. The van der Waals surface area contributed by atoms with E-state index in [1.807, 2.05) is 0 Å². The Hall–Kier alpha value is -0.900. The Labute approximate surface area is 95.5 Å². The molecular formula is C13H17NO2. The van der Waals surface area contributed by atoms with Gasteiger partial charge in [-0.1, -0.05) is 18.2 Å². The van der Waals surface area contributed by atoms with Crippen molar-refractivity contribution in [1.29, 1.82) is 0 Å². The molecule has 2 saturated heterocycles. The Morgan fingerprint density at radius 3 is 2.31 bits per heavy atom. The summed E-state index contributed by atoms with van der Waals surface area (Å²) in [6, 6.07) is 6.41. The van der Waals surface area contributed by atoms with Crippen LogP contribution in [0.15, 0.2) is 18.2 Å². The molecule has 2 atom stereocenters. The molecule has 0 spiro atoms. The van der Waals surface area contributed by atoms with E-state index in [-0.39, 0.29) is 0 Å². The van der Waals surface area contributed by atoms with Crippen LogP contribution in [0.5, 0.6) is 0 Å². The van der Waals surface area contributed by atoms with Crippen molar-refractivity contribution in [2.75, 3.05) is 13.2 Å². The molecule has 0 radical (unpaired) electrons. The SMILES string of the molecule is NCc1cccc(CC2CO2)c1CC1CO1. The van der Waals surface area contributed by atoms with E-state index >= 15 is 0 Å². The summed E-state index contributed by atoms with van der Waals surface area (Å²) < 4.78 is 10.6. The molecule has 2 unspecified atom stereocenters. The number of hydrogen-bond acceptors (Lipinski definition) is 3. The summed E-state index contributed by atoms with van der Waals surface area (Å²) in [4.78, 5) is 0. The van der Waals surface area contributed by atoms with Crippen LogP contribution in [0.4, 0.5) is 0 Å². The van der Waals surface area contributed by atoms with Crippen LogP contribution in [0.2, 0.25) is 0 Å². The molecule has 3 rings (SSSR count). The van der Waals surface area contributed by atoms with Gasteiger partial charge >= 0.3 is 0 Å². The Kier molecular flexibility index (Phi) is 2.67. The van der Waals surface area contributed by atoms with Gasteiger partial charge in [-0.3, -0.25) is 0 Å². The molecule has 3 heteroatoms. The highest BCUT2D eigenvalue weighted by molar-refractivity contribution is 5.37. The van der Waals surface area contributed by atoms with Crippen LogP contribution in [-0.2, 0) is 28.9 Å². The molecule has 0 aliphatic carbocycles. The van der Waals surface area contributed by atoms with Crippen LogP contribution < -0.4 is 5.73 Å². The Morgan fingerprint density at radius 1 is 1.06 bits per heavy atom. The minimum absolute atomic E-state index is 0.423. The van der Waals surface area contributed by atoms with Gasteiger partial charge in [0, 0.05) is 19.4 Å². The topological polar surface area (TPSA) is 51.1 Å². The average molecular weight is 219 g/mol. The number of nitrogens with two attached hydrogens (primary N) is 1. The molecule has 0 aromatic heterocycles. The lowest BCUT2D eigenvalue weighted by Crippen LogP contribution is -2.09. The van der Waals surface area contributed by atoms with Crippen molar-refractivity contribution in [2.24, 2.45) is 5.73 Å². The van der Waals surface area contributed by atoms with Crippen LogP contribution in [0.25, 0.3) is 0 Å². The van der Waals surface area contributed by atoms with Gasteiger partial charge in [0.15, 0.2) is 0 Å². The predicted molar refractivity (Wildman–Crippen MR) is 61.2 cm³/mol. The zero-order valence-electron chi connectivity index (χ0n) is 9.32. The fraction of sp³-hybridized carbons (Fsp3) is 0.538. The molecule has 0 saturated carbocycles. The third-order valence-corrected chi connectivity index (χ3v) is 3.27. The quantitative estimate of drug-likeness (QED) is 0.752. The fourth-order valence-corrected chi connectivity index (χ4v) is 2.18. The molecular weight excluding hydrogens is 202 g/mol. The normalized spacial score (nSPS) is 26.8. The van der Waals surface area contributed by atoms with Gasteiger partial charge in [-0.15, -0.1) is 0 Å². The van der Waals surface area contributed by atoms with E-state index in [4.69, 9.17) is 15.2 Å². The number of epoxide rings is 2. The van der Waals surface area contributed by atoms with Crippen LogP contribution >= 0.6 is 0 Å². The zero-order valence-corrected chi connectivity index (χ0v) is 9.32. The lowest BCUT2D eigenvalue weighted by Gasteiger charge is -2.12. The largest absolute Gasteiger partial charge is 0.373 e. The van der Waals surface area contributed by atoms with Gasteiger partial charge in [0.05, 0.1) is 25.4 Å². The first-order valence-corrected chi connectivity index (χ1v) is 5.89. The van der Waals surface area contributed by atoms with Crippen molar-refractivity contribution < 1.29 is 9.47 Å². The van der Waals surface area contributed by atoms with E-state index in [9.17, 15) is 0 Å². The van der Waals surface area contributed by atoms with Crippen molar-refractivity contribution in [2.45, 2.75) is 31.6 Å². The summed E-state index contributed by atoms with van der Waals surface area (Å²) in [5.41, 5.74) is 9.83. The lowest BCUT2D eigenvalue weighted by atomic mass is 9.94. The fourth-order valence-electron chi connectivity index (χ4n) is 2.18. The van der Waals surface area contributed by atoms with Gasteiger partial charge in [0.25, 0.3) is 0 Å². The molecule has 2 heterocycles. The third kappa shape index (κ3) is 2.26. The minimum atomic E-state index is 0.423. The van der Waals surface area contributed by atoms with Crippen molar-refractivity contribution >= 4 is 0 Å². The van der Waals surface area contributed by atoms with Crippen molar-refractivity contribution in [1.82, 2.24) is 0 Å². The predicted octanol–water partition coefficient (Wildman–Crippen LogP) is 1.03. The Morgan fingerprint density at radius 2 is 1.69 bits per heavy atom. The zero-order chi connectivity index (χ0) is 11.0. The van der Waals surface area contributed by atoms with Crippen LogP contribution in [0, 0.1) is 0 Å². The Bertz CT molecular complexity index is 384. The molecule has 2 N–H and O–H groups in total. The van der Waals surface area contributed by atoms with Gasteiger partial charge in [-0.25, -0.2) is 0 Å². The average Bonchev–Trinajstić information content (AvgIpc) is 3.14. The molecule has 1 aromatic carbocycles.